The molecule has 0 aliphatic carbocycles. The van der Waals surface area contributed by atoms with Crippen molar-refractivity contribution in [3.8, 4) is 0 Å². The van der Waals surface area contributed by atoms with Crippen LogP contribution in [0.25, 0.3) is 0 Å². The predicted molar refractivity (Wildman–Crippen MR) is 94.1 cm³/mol. The van der Waals surface area contributed by atoms with Gasteiger partial charge in [-0.1, -0.05) is 0 Å². The van der Waals surface area contributed by atoms with Gasteiger partial charge in [0, 0.05) is 70.3 Å². The molecular formula is C19H29N3O3. The van der Waals surface area contributed by atoms with Crippen molar-refractivity contribution in [3.05, 3.63) is 24.0 Å². The van der Waals surface area contributed by atoms with Gasteiger partial charge >= 0.3 is 0 Å². The van der Waals surface area contributed by atoms with Gasteiger partial charge in [-0.15, -0.1) is 0 Å². The molecule has 3 aliphatic rings. The summed E-state index contributed by atoms with van der Waals surface area (Å²) in [7, 11) is 2.09. The van der Waals surface area contributed by atoms with Crippen LogP contribution < -0.4 is 0 Å². The number of carbonyl (C=O) groups excluding carboxylic acids is 1. The van der Waals surface area contributed by atoms with E-state index in [0.717, 1.165) is 58.8 Å². The first kappa shape index (κ1) is 17.1. The Morgan fingerprint density at radius 1 is 1.20 bits per heavy atom. The number of aryl methyl sites for hydroxylation is 1. The van der Waals surface area contributed by atoms with Crippen LogP contribution in [0.1, 0.15) is 18.5 Å². The number of ether oxygens (including phenoxy) is 2. The highest BCUT2D eigenvalue weighted by Crippen LogP contribution is 2.45. The van der Waals surface area contributed by atoms with E-state index in [-0.39, 0.29) is 11.3 Å². The number of likely N-dealkylation sites (tertiary alicyclic amines) is 1. The van der Waals surface area contributed by atoms with E-state index in [1.165, 1.54) is 5.69 Å². The summed E-state index contributed by atoms with van der Waals surface area (Å²) in [6.45, 7) is 7.15. The molecule has 1 spiro atoms. The minimum Gasteiger partial charge on any atom is -0.381 e. The Labute approximate surface area is 149 Å². The fourth-order valence-corrected chi connectivity index (χ4v) is 4.71. The number of hydrogen-bond donors (Lipinski definition) is 0. The van der Waals surface area contributed by atoms with Crippen LogP contribution in [0.5, 0.6) is 0 Å². The molecule has 0 N–H and O–H groups in total. The molecule has 1 atom stereocenters. The van der Waals surface area contributed by atoms with Gasteiger partial charge < -0.3 is 18.9 Å². The zero-order chi connectivity index (χ0) is 17.3. The van der Waals surface area contributed by atoms with Crippen LogP contribution in [-0.2, 0) is 27.9 Å². The summed E-state index contributed by atoms with van der Waals surface area (Å²) < 4.78 is 13.2. The van der Waals surface area contributed by atoms with Crippen molar-refractivity contribution in [1.82, 2.24) is 14.4 Å². The summed E-state index contributed by atoms with van der Waals surface area (Å²) in [5, 5.41) is 0. The van der Waals surface area contributed by atoms with E-state index in [9.17, 15) is 4.79 Å². The second-order valence-corrected chi connectivity index (χ2v) is 7.75. The summed E-state index contributed by atoms with van der Waals surface area (Å²) in [6, 6.07) is 4.26. The van der Waals surface area contributed by atoms with E-state index < -0.39 is 0 Å². The van der Waals surface area contributed by atoms with Crippen LogP contribution in [0.4, 0.5) is 0 Å². The molecule has 0 radical (unpaired) electrons. The van der Waals surface area contributed by atoms with Gasteiger partial charge in [0.15, 0.2) is 0 Å². The molecule has 6 nitrogen and oxygen atoms in total. The first-order chi connectivity index (χ1) is 12.2. The van der Waals surface area contributed by atoms with Crippen molar-refractivity contribution in [2.75, 3.05) is 52.6 Å². The normalized spacial score (nSPS) is 27.1. The third-order valence-corrected chi connectivity index (χ3v) is 6.26. The maximum atomic E-state index is 13.3. The lowest BCUT2D eigenvalue weighted by atomic mass is 9.71. The Morgan fingerprint density at radius 2 is 1.92 bits per heavy atom. The van der Waals surface area contributed by atoms with Crippen molar-refractivity contribution in [2.24, 2.45) is 18.4 Å². The molecule has 3 saturated heterocycles. The third kappa shape index (κ3) is 3.35. The van der Waals surface area contributed by atoms with Gasteiger partial charge in [0.1, 0.15) is 0 Å². The lowest BCUT2D eigenvalue weighted by molar-refractivity contribution is -0.144. The molecule has 3 aliphatic heterocycles. The molecule has 0 saturated carbocycles. The monoisotopic (exact) mass is 347 g/mol. The van der Waals surface area contributed by atoms with E-state index in [1.54, 1.807) is 0 Å². The van der Waals surface area contributed by atoms with Crippen molar-refractivity contribution in [1.29, 1.82) is 0 Å². The average Bonchev–Trinajstić information content (AvgIpc) is 3.20. The van der Waals surface area contributed by atoms with E-state index in [4.69, 9.17) is 9.47 Å². The minimum atomic E-state index is 0.0821. The number of carbonyl (C=O) groups is 1. The zero-order valence-electron chi connectivity index (χ0n) is 15.2. The quantitative estimate of drug-likeness (QED) is 0.822. The Kier molecular flexibility index (Phi) is 4.84. The van der Waals surface area contributed by atoms with E-state index in [1.807, 2.05) is 4.90 Å². The van der Waals surface area contributed by atoms with Crippen LogP contribution in [0.2, 0.25) is 0 Å². The number of hydrogen-bond acceptors (Lipinski definition) is 4. The van der Waals surface area contributed by atoms with Gasteiger partial charge in [-0.25, -0.2) is 0 Å². The van der Waals surface area contributed by atoms with Gasteiger partial charge in [-0.05, 0) is 25.0 Å². The van der Waals surface area contributed by atoms with Crippen LogP contribution in [0, 0.1) is 11.3 Å². The summed E-state index contributed by atoms with van der Waals surface area (Å²) in [5.41, 5.74) is 1.39. The molecule has 138 valence electrons. The number of amides is 1. The SMILES string of the molecule is Cn1cccc1CN1CC(C(=O)N2CCOCC2)C2(CCOCC2)C1. The van der Waals surface area contributed by atoms with E-state index in [0.29, 0.717) is 19.1 Å². The second kappa shape index (κ2) is 7.09. The maximum absolute atomic E-state index is 13.3. The molecule has 1 aromatic rings. The fourth-order valence-electron chi connectivity index (χ4n) is 4.71. The molecular weight excluding hydrogens is 318 g/mol. The van der Waals surface area contributed by atoms with Crippen LogP contribution in [0.3, 0.4) is 0 Å². The molecule has 1 unspecified atom stereocenters. The molecule has 1 amide bonds. The zero-order valence-corrected chi connectivity index (χ0v) is 15.2. The van der Waals surface area contributed by atoms with Crippen LogP contribution >= 0.6 is 0 Å². The fraction of sp³-hybridized carbons (Fsp3) is 0.737. The van der Waals surface area contributed by atoms with Crippen molar-refractivity contribution >= 4 is 5.91 Å². The van der Waals surface area contributed by atoms with Gasteiger partial charge in [0.05, 0.1) is 19.1 Å². The van der Waals surface area contributed by atoms with E-state index >= 15 is 0 Å². The average molecular weight is 347 g/mol. The highest BCUT2D eigenvalue weighted by molar-refractivity contribution is 5.80. The first-order valence-corrected chi connectivity index (χ1v) is 9.45. The third-order valence-electron chi connectivity index (χ3n) is 6.26. The Hall–Kier alpha value is -1.37. The number of rotatable bonds is 3. The topological polar surface area (TPSA) is 46.9 Å². The minimum absolute atomic E-state index is 0.0821. The lowest BCUT2D eigenvalue weighted by Crippen LogP contribution is -2.49. The lowest BCUT2D eigenvalue weighted by Gasteiger charge is -2.40. The number of aromatic nitrogens is 1. The van der Waals surface area contributed by atoms with Gasteiger partial charge in [-0.2, -0.15) is 0 Å². The molecule has 25 heavy (non-hydrogen) atoms. The summed E-state index contributed by atoms with van der Waals surface area (Å²) >= 11 is 0. The molecule has 4 rings (SSSR count). The molecule has 0 bridgehead atoms. The summed E-state index contributed by atoms with van der Waals surface area (Å²) in [5.74, 6) is 0.425. The molecule has 6 heteroatoms. The highest BCUT2D eigenvalue weighted by Gasteiger charge is 2.51. The molecule has 4 heterocycles. The second-order valence-electron chi connectivity index (χ2n) is 7.75. The Morgan fingerprint density at radius 3 is 2.60 bits per heavy atom. The summed E-state index contributed by atoms with van der Waals surface area (Å²) in [4.78, 5) is 17.8. The van der Waals surface area contributed by atoms with Crippen molar-refractivity contribution < 1.29 is 14.3 Å². The first-order valence-electron chi connectivity index (χ1n) is 9.45. The smallest absolute Gasteiger partial charge is 0.227 e. The molecule has 3 fully saturated rings. The highest BCUT2D eigenvalue weighted by atomic mass is 16.5. The van der Waals surface area contributed by atoms with Gasteiger partial charge in [0.2, 0.25) is 5.91 Å². The predicted octanol–water partition coefficient (Wildman–Crippen LogP) is 1.11. The van der Waals surface area contributed by atoms with Gasteiger partial charge in [0.25, 0.3) is 0 Å². The molecule has 0 aromatic carbocycles. The standard InChI is InChI=1S/C19H29N3O3/c1-20-6-2-3-16(20)13-21-14-17(18(23)22-7-11-25-12-8-22)19(15-21)4-9-24-10-5-19/h2-3,6,17H,4-5,7-15H2,1H3. The van der Waals surface area contributed by atoms with Crippen molar-refractivity contribution in [3.63, 3.8) is 0 Å². The van der Waals surface area contributed by atoms with Crippen molar-refractivity contribution in [2.45, 2.75) is 19.4 Å². The van der Waals surface area contributed by atoms with Gasteiger partial charge in [-0.3, -0.25) is 9.69 Å². The van der Waals surface area contributed by atoms with Crippen LogP contribution in [0.15, 0.2) is 18.3 Å². The summed E-state index contributed by atoms with van der Waals surface area (Å²) in [6.07, 6.45) is 4.08. The Bertz CT molecular complexity index is 603. The number of nitrogens with zero attached hydrogens (tertiary/aromatic N) is 3. The number of morpholine rings is 1. The molecule has 1 aromatic heterocycles. The van der Waals surface area contributed by atoms with Crippen LogP contribution in [-0.4, -0.2) is 72.9 Å². The largest absolute Gasteiger partial charge is 0.381 e. The van der Waals surface area contributed by atoms with E-state index in [2.05, 4.69) is 34.8 Å². The Balaban J connectivity index is 1.52. The maximum Gasteiger partial charge on any atom is 0.227 e.